The van der Waals surface area contributed by atoms with Crippen molar-refractivity contribution in [1.29, 1.82) is 5.26 Å². The lowest BCUT2D eigenvalue weighted by Crippen LogP contribution is -2.52. The van der Waals surface area contributed by atoms with E-state index < -0.39 is 11.9 Å². The minimum atomic E-state index is -0.444. The van der Waals surface area contributed by atoms with Crippen LogP contribution in [0.2, 0.25) is 0 Å². The van der Waals surface area contributed by atoms with Gasteiger partial charge in [0.05, 0.1) is 24.2 Å². The summed E-state index contributed by atoms with van der Waals surface area (Å²) in [4.78, 5) is 30.3. The van der Waals surface area contributed by atoms with E-state index in [1.54, 1.807) is 0 Å². The maximum Gasteiger partial charge on any atom is 0.251 e. The van der Waals surface area contributed by atoms with Gasteiger partial charge in [0.1, 0.15) is 5.82 Å². The standard InChI is InChI=1S/C17H19FN4O2/c18-13-2-4-14(5-3-13)22-16(23)12-15(17(22)24)21-10-8-20(9-11-21)7-1-6-19/h2-5,15H,1,7-12H2/t15-/m0/s1. The van der Waals surface area contributed by atoms with E-state index in [4.69, 9.17) is 5.26 Å². The number of hydrogen-bond donors (Lipinski definition) is 0. The van der Waals surface area contributed by atoms with Crippen LogP contribution in [0.4, 0.5) is 10.1 Å². The van der Waals surface area contributed by atoms with E-state index in [9.17, 15) is 14.0 Å². The number of amides is 2. The number of hydrogen-bond acceptors (Lipinski definition) is 5. The second-order valence-corrected chi connectivity index (χ2v) is 6.05. The maximum atomic E-state index is 13.0. The first-order valence-corrected chi connectivity index (χ1v) is 8.06. The fourth-order valence-electron chi connectivity index (χ4n) is 3.27. The molecule has 0 spiro atoms. The summed E-state index contributed by atoms with van der Waals surface area (Å²) < 4.78 is 13.0. The third-order valence-corrected chi connectivity index (χ3v) is 4.60. The number of carbonyl (C=O) groups is 2. The predicted molar refractivity (Wildman–Crippen MR) is 85.5 cm³/mol. The van der Waals surface area contributed by atoms with Crippen molar-refractivity contribution in [3.8, 4) is 6.07 Å². The van der Waals surface area contributed by atoms with Gasteiger partial charge in [-0.25, -0.2) is 9.29 Å². The lowest BCUT2D eigenvalue weighted by molar-refractivity contribution is -0.123. The minimum Gasteiger partial charge on any atom is -0.300 e. The van der Waals surface area contributed by atoms with Crippen molar-refractivity contribution in [1.82, 2.24) is 9.80 Å². The van der Waals surface area contributed by atoms with Crippen LogP contribution in [0.1, 0.15) is 12.8 Å². The van der Waals surface area contributed by atoms with Gasteiger partial charge >= 0.3 is 0 Å². The summed E-state index contributed by atoms with van der Waals surface area (Å²) in [6.07, 6.45) is 0.660. The number of nitriles is 1. The lowest BCUT2D eigenvalue weighted by atomic mass is 10.1. The van der Waals surface area contributed by atoms with Crippen molar-refractivity contribution in [2.75, 3.05) is 37.6 Å². The first-order valence-electron chi connectivity index (χ1n) is 8.06. The third kappa shape index (κ3) is 3.30. The molecule has 2 amide bonds. The monoisotopic (exact) mass is 330 g/mol. The van der Waals surface area contributed by atoms with Gasteiger partial charge in [-0.15, -0.1) is 0 Å². The molecular weight excluding hydrogens is 311 g/mol. The minimum absolute atomic E-state index is 0.161. The Kier molecular flexibility index (Phi) is 4.88. The van der Waals surface area contributed by atoms with E-state index >= 15 is 0 Å². The van der Waals surface area contributed by atoms with Crippen molar-refractivity contribution in [2.45, 2.75) is 18.9 Å². The molecule has 0 unspecified atom stereocenters. The summed E-state index contributed by atoms with van der Waals surface area (Å²) in [6.45, 7) is 3.72. The molecule has 7 heteroatoms. The molecule has 1 atom stereocenters. The number of nitrogens with zero attached hydrogens (tertiary/aromatic N) is 4. The van der Waals surface area contributed by atoms with Gasteiger partial charge < -0.3 is 0 Å². The van der Waals surface area contributed by atoms with Crippen molar-refractivity contribution in [3.63, 3.8) is 0 Å². The fraction of sp³-hybridized carbons (Fsp3) is 0.471. The van der Waals surface area contributed by atoms with Crippen molar-refractivity contribution >= 4 is 17.5 Å². The van der Waals surface area contributed by atoms with Crippen LogP contribution >= 0.6 is 0 Å². The van der Waals surface area contributed by atoms with Crippen LogP contribution in [0, 0.1) is 17.1 Å². The maximum absolute atomic E-state index is 13.0. The number of piperazine rings is 1. The van der Waals surface area contributed by atoms with Gasteiger partial charge in [-0.1, -0.05) is 0 Å². The number of imide groups is 1. The van der Waals surface area contributed by atoms with Gasteiger partial charge in [0.15, 0.2) is 0 Å². The Morgan fingerprint density at radius 3 is 2.42 bits per heavy atom. The van der Waals surface area contributed by atoms with E-state index in [2.05, 4.69) is 11.0 Å². The summed E-state index contributed by atoms with van der Waals surface area (Å²) in [7, 11) is 0. The Bertz CT molecular complexity index is 662. The fourth-order valence-corrected chi connectivity index (χ4v) is 3.27. The molecule has 1 aromatic rings. The van der Waals surface area contributed by atoms with Gasteiger partial charge in [-0.05, 0) is 24.3 Å². The Balaban J connectivity index is 1.64. The quantitative estimate of drug-likeness (QED) is 0.770. The molecule has 1 aromatic carbocycles. The average Bonchev–Trinajstić information content (AvgIpc) is 2.89. The van der Waals surface area contributed by atoms with Crippen LogP contribution in [0.25, 0.3) is 0 Å². The van der Waals surface area contributed by atoms with E-state index in [1.807, 2.05) is 4.90 Å². The molecule has 0 aliphatic carbocycles. The van der Waals surface area contributed by atoms with Crippen LogP contribution in [0.15, 0.2) is 24.3 Å². The first kappa shape index (κ1) is 16.6. The highest BCUT2D eigenvalue weighted by molar-refractivity contribution is 6.22. The molecule has 0 radical (unpaired) electrons. The van der Waals surface area contributed by atoms with Crippen molar-refractivity contribution < 1.29 is 14.0 Å². The molecule has 6 nitrogen and oxygen atoms in total. The van der Waals surface area contributed by atoms with Gasteiger partial charge in [-0.3, -0.25) is 19.4 Å². The van der Waals surface area contributed by atoms with Gasteiger partial charge in [-0.2, -0.15) is 5.26 Å². The molecule has 2 aliphatic rings. The van der Waals surface area contributed by atoms with E-state index in [0.717, 1.165) is 24.5 Å². The lowest BCUT2D eigenvalue weighted by Gasteiger charge is -2.36. The van der Waals surface area contributed by atoms with Crippen LogP contribution in [-0.4, -0.2) is 60.4 Å². The number of benzene rings is 1. The SMILES string of the molecule is N#CCCN1CCN([C@H]2CC(=O)N(c3ccc(F)cc3)C2=O)CC1. The average molecular weight is 330 g/mol. The van der Waals surface area contributed by atoms with Crippen LogP contribution in [0.5, 0.6) is 0 Å². The van der Waals surface area contributed by atoms with Gasteiger partial charge in [0.2, 0.25) is 5.91 Å². The first-order chi connectivity index (χ1) is 11.6. The van der Waals surface area contributed by atoms with Crippen molar-refractivity contribution in [3.05, 3.63) is 30.1 Å². The molecule has 2 aliphatic heterocycles. The second-order valence-electron chi connectivity index (χ2n) is 6.05. The molecule has 2 heterocycles. The summed E-state index contributed by atoms with van der Waals surface area (Å²) in [5.74, 6) is -0.886. The normalized spacial score (nSPS) is 22.8. The highest BCUT2D eigenvalue weighted by Gasteiger charge is 2.43. The number of carbonyl (C=O) groups excluding carboxylic acids is 2. The molecule has 3 rings (SSSR count). The summed E-state index contributed by atoms with van der Waals surface area (Å²) >= 11 is 0. The number of anilines is 1. The topological polar surface area (TPSA) is 67.7 Å². The highest BCUT2D eigenvalue weighted by atomic mass is 19.1. The molecule has 0 N–H and O–H groups in total. The Hall–Kier alpha value is -2.30. The molecule has 126 valence electrons. The second kappa shape index (κ2) is 7.07. The predicted octanol–water partition coefficient (Wildman–Crippen LogP) is 0.989. The molecule has 0 aromatic heterocycles. The molecule has 0 bridgehead atoms. The molecule has 0 saturated carbocycles. The van der Waals surface area contributed by atoms with Crippen LogP contribution < -0.4 is 4.90 Å². The third-order valence-electron chi connectivity index (χ3n) is 4.60. The molecular formula is C17H19FN4O2. The van der Waals surface area contributed by atoms with E-state index in [0.29, 0.717) is 25.2 Å². The van der Waals surface area contributed by atoms with E-state index in [-0.39, 0.29) is 18.2 Å². The van der Waals surface area contributed by atoms with Crippen LogP contribution in [-0.2, 0) is 9.59 Å². The Morgan fingerprint density at radius 2 is 1.79 bits per heavy atom. The van der Waals surface area contributed by atoms with E-state index in [1.165, 1.54) is 24.3 Å². The summed E-state index contributed by atoms with van der Waals surface area (Å²) in [5, 5.41) is 8.64. The Labute approximate surface area is 140 Å². The number of rotatable bonds is 4. The zero-order valence-electron chi connectivity index (χ0n) is 13.3. The zero-order valence-corrected chi connectivity index (χ0v) is 13.3. The smallest absolute Gasteiger partial charge is 0.251 e. The van der Waals surface area contributed by atoms with Gasteiger partial charge in [0.25, 0.3) is 5.91 Å². The zero-order chi connectivity index (χ0) is 17.1. The summed E-state index contributed by atoms with van der Waals surface area (Å²) in [6, 6.07) is 7.09. The largest absolute Gasteiger partial charge is 0.300 e. The van der Waals surface area contributed by atoms with Crippen LogP contribution in [0.3, 0.4) is 0 Å². The van der Waals surface area contributed by atoms with Crippen molar-refractivity contribution in [2.24, 2.45) is 0 Å². The molecule has 2 fully saturated rings. The van der Waals surface area contributed by atoms with Gasteiger partial charge in [0, 0.05) is 39.1 Å². The highest BCUT2D eigenvalue weighted by Crippen LogP contribution is 2.26. The molecule has 24 heavy (non-hydrogen) atoms. The Morgan fingerprint density at radius 1 is 1.12 bits per heavy atom. The molecule has 2 saturated heterocycles. The summed E-state index contributed by atoms with van der Waals surface area (Å²) in [5.41, 5.74) is 0.418. The number of halogens is 1.